The van der Waals surface area contributed by atoms with E-state index in [4.69, 9.17) is 19.5 Å². The third-order valence-corrected chi connectivity index (χ3v) is 6.45. The maximum Gasteiger partial charge on any atom is 0.459 e. The first-order valence-corrected chi connectivity index (χ1v) is 12.8. The predicted molar refractivity (Wildman–Crippen MR) is 133 cm³/mol. The molecule has 192 valence electrons. The van der Waals surface area contributed by atoms with E-state index in [2.05, 4.69) is 26.6 Å². The lowest BCUT2D eigenvalue weighted by molar-refractivity contribution is -0.149. The van der Waals surface area contributed by atoms with Crippen molar-refractivity contribution < 1.29 is 27.9 Å². The van der Waals surface area contributed by atoms with Crippen LogP contribution in [0.5, 0.6) is 5.75 Å². The third-order valence-electron chi connectivity index (χ3n) is 4.85. The molecule has 0 saturated carbocycles. The molecule has 0 spiro atoms. The van der Waals surface area contributed by atoms with E-state index in [0.717, 1.165) is 6.08 Å². The Morgan fingerprint density at radius 3 is 2.67 bits per heavy atom. The molecular weight excluding hydrogens is 487 g/mol. The minimum Gasteiger partial charge on any atom is -0.462 e. The molecule has 3 rings (SSSR count). The number of nitrogens with two attached hydrogens (primary N) is 1. The van der Waals surface area contributed by atoms with Gasteiger partial charge in [-0.15, -0.1) is 0 Å². The van der Waals surface area contributed by atoms with Crippen molar-refractivity contribution in [3.05, 3.63) is 55.6 Å². The number of ether oxygens (including phenoxy) is 1. The first-order valence-electron chi connectivity index (χ1n) is 11.2. The SMILES string of the molecule is C=CC(=O)CC[C@H](NP(=O)(OCCn1cnc2c(N)ncnc21)Oc1ccccc1)C(=O)OC(C)C. The number of imidazole rings is 1. The number of benzene rings is 1. The Morgan fingerprint density at radius 1 is 1.22 bits per heavy atom. The van der Waals surface area contributed by atoms with Gasteiger partial charge in [0.25, 0.3) is 0 Å². The van der Waals surface area contributed by atoms with Crippen molar-refractivity contribution in [2.75, 3.05) is 12.3 Å². The highest BCUT2D eigenvalue weighted by Crippen LogP contribution is 2.45. The predicted octanol–water partition coefficient (Wildman–Crippen LogP) is 3.06. The second-order valence-electron chi connectivity index (χ2n) is 7.98. The van der Waals surface area contributed by atoms with Gasteiger partial charge in [-0.1, -0.05) is 24.8 Å². The van der Waals surface area contributed by atoms with Crippen LogP contribution in [0.1, 0.15) is 26.7 Å². The number of hydrogen-bond donors (Lipinski definition) is 2. The van der Waals surface area contributed by atoms with Gasteiger partial charge in [-0.3, -0.25) is 14.1 Å². The van der Waals surface area contributed by atoms with Crippen LogP contribution in [0.4, 0.5) is 5.82 Å². The Hall–Kier alpha value is -3.60. The van der Waals surface area contributed by atoms with E-state index in [0.29, 0.717) is 11.2 Å². The number of anilines is 1. The zero-order chi connectivity index (χ0) is 26.1. The largest absolute Gasteiger partial charge is 0.462 e. The molecule has 2 atom stereocenters. The van der Waals surface area contributed by atoms with Gasteiger partial charge in [0.2, 0.25) is 0 Å². The number of rotatable bonds is 14. The van der Waals surface area contributed by atoms with Crippen LogP contribution in [0, 0.1) is 0 Å². The number of allylic oxidation sites excluding steroid dienone is 1. The number of hydrogen-bond acceptors (Lipinski definition) is 10. The van der Waals surface area contributed by atoms with Crippen LogP contribution in [-0.4, -0.2) is 50.0 Å². The number of ketones is 1. The average Bonchev–Trinajstić information content (AvgIpc) is 3.26. The van der Waals surface area contributed by atoms with Gasteiger partial charge in [0, 0.05) is 13.0 Å². The van der Waals surface area contributed by atoms with Crippen LogP contribution in [0.3, 0.4) is 0 Å². The van der Waals surface area contributed by atoms with Crippen molar-refractivity contribution in [3.8, 4) is 5.75 Å². The highest BCUT2D eigenvalue weighted by atomic mass is 31.2. The number of nitrogens with zero attached hydrogens (tertiary/aromatic N) is 4. The zero-order valence-corrected chi connectivity index (χ0v) is 21.0. The molecule has 0 aliphatic rings. The molecule has 36 heavy (non-hydrogen) atoms. The number of fused-ring (bicyclic) bond motifs is 1. The van der Waals surface area contributed by atoms with Crippen LogP contribution in [0.25, 0.3) is 11.2 Å². The summed E-state index contributed by atoms with van der Waals surface area (Å²) in [7, 11) is -4.13. The summed E-state index contributed by atoms with van der Waals surface area (Å²) in [5.41, 5.74) is 6.74. The molecule has 12 nitrogen and oxygen atoms in total. The van der Waals surface area contributed by atoms with Gasteiger partial charge in [-0.05, 0) is 38.5 Å². The number of nitrogens with one attached hydrogen (secondary N) is 1. The van der Waals surface area contributed by atoms with Gasteiger partial charge in [-0.2, -0.15) is 5.09 Å². The van der Waals surface area contributed by atoms with Gasteiger partial charge in [0.15, 0.2) is 17.2 Å². The van der Waals surface area contributed by atoms with Crippen LogP contribution < -0.4 is 15.3 Å². The summed E-state index contributed by atoms with van der Waals surface area (Å²) in [6, 6.07) is 7.25. The fourth-order valence-corrected chi connectivity index (χ4v) is 4.68. The Bertz CT molecular complexity index is 1250. The molecule has 1 aromatic carbocycles. The Balaban J connectivity index is 1.79. The number of aromatic nitrogens is 4. The quantitative estimate of drug-likeness (QED) is 0.184. The highest BCUT2D eigenvalue weighted by Gasteiger charge is 2.35. The summed E-state index contributed by atoms with van der Waals surface area (Å²) >= 11 is 0. The fraction of sp³-hybridized carbons (Fsp3) is 0.348. The topological polar surface area (TPSA) is 161 Å². The molecule has 2 heterocycles. The van der Waals surface area contributed by atoms with Crippen molar-refractivity contribution in [1.29, 1.82) is 0 Å². The van der Waals surface area contributed by atoms with Gasteiger partial charge in [0.05, 0.1) is 19.0 Å². The van der Waals surface area contributed by atoms with E-state index in [1.807, 2.05) is 0 Å². The maximum absolute atomic E-state index is 13.8. The Kier molecular flexibility index (Phi) is 9.29. The van der Waals surface area contributed by atoms with E-state index in [9.17, 15) is 14.2 Å². The van der Waals surface area contributed by atoms with Crippen molar-refractivity contribution in [3.63, 3.8) is 0 Å². The number of esters is 1. The Morgan fingerprint density at radius 2 is 1.97 bits per heavy atom. The van der Waals surface area contributed by atoms with Crippen LogP contribution in [0.15, 0.2) is 55.6 Å². The minimum absolute atomic E-state index is 0.00423. The number of para-hydroxylation sites is 1. The lowest BCUT2D eigenvalue weighted by Crippen LogP contribution is -2.39. The zero-order valence-electron chi connectivity index (χ0n) is 20.1. The van der Waals surface area contributed by atoms with E-state index >= 15 is 0 Å². The summed E-state index contributed by atoms with van der Waals surface area (Å²) in [5.74, 6) is -0.456. The van der Waals surface area contributed by atoms with Gasteiger partial charge in [-0.25, -0.2) is 19.5 Å². The molecule has 0 aliphatic heterocycles. The summed E-state index contributed by atoms with van der Waals surface area (Å²) in [6.07, 6.45) is 3.56. The smallest absolute Gasteiger partial charge is 0.459 e. The summed E-state index contributed by atoms with van der Waals surface area (Å²) in [6.45, 7) is 6.92. The third kappa shape index (κ3) is 7.45. The van der Waals surface area contributed by atoms with Crippen molar-refractivity contribution in [1.82, 2.24) is 24.6 Å². The number of carbonyl (C=O) groups excluding carboxylic acids is 2. The number of carbonyl (C=O) groups is 2. The fourth-order valence-electron chi connectivity index (χ4n) is 3.16. The monoisotopic (exact) mass is 516 g/mol. The van der Waals surface area contributed by atoms with E-state index in [-0.39, 0.29) is 43.3 Å². The van der Waals surface area contributed by atoms with Crippen molar-refractivity contribution in [2.45, 2.75) is 45.4 Å². The molecule has 3 aromatic rings. The van der Waals surface area contributed by atoms with Crippen LogP contribution in [-0.2, 0) is 30.0 Å². The second-order valence-corrected chi connectivity index (χ2v) is 9.67. The molecule has 0 bridgehead atoms. The lowest BCUT2D eigenvalue weighted by Gasteiger charge is -2.25. The summed E-state index contributed by atoms with van der Waals surface area (Å²) < 4.78 is 32.1. The molecule has 0 saturated heterocycles. The molecule has 3 N–H and O–H groups in total. The van der Waals surface area contributed by atoms with Crippen LogP contribution in [0.2, 0.25) is 0 Å². The van der Waals surface area contributed by atoms with E-state index in [1.54, 1.807) is 48.7 Å². The van der Waals surface area contributed by atoms with E-state index in [1.165, 1.54) is 12.7 Å². The first kappa shape index (κ1) is 27.0. The van der Waals surface area contributed by atoms with E-state index < -0.39 is 25.9 Å². The van der Waals surface area contributed by atoms with Crippen molar-refractivity contribution >= 4 is 36.5 Å². The number of nitrogen functional groups attached to an aromatic ring is 1. The molecule has 0 fully saturated rings. The normalized spacial score (nSPS) is 13.8. The van der Waals surface area contributed by atoms with Gasteiger partial charge >= 0.3 is 13.7 Å². The average molecular weight is 516 g/mol. The molecule has 2 aromatic heterocycles. The summed E-state index contributed by atoms with van der Waals surface area (Å²) in [5, 5.41) is 2.67. The second kappa shape index (κ2) is 12.4. The Labute approximate surface area is 208 Å². The first-order chi connectivity index (χ1) is 17.2. The molecule has 13 heteroatoms. The van der Waals surface area contributed by atoms with Crippen LogP contribution >= 0.6 is 7.75 Å². The lowest BCUT2D eigenvalue weighted by atomic mass is 10.1. The minimum atomic E-state index is -4.13. The summed E-state index contributed by atoms with van der Waals surface area (Å²) in [4.78, 5) is 36.8. The molecular formula is C23H29N6O6P. The van der Waals surface area contributed by atoms with Gasteiger partial charge < -0.3 is 19.6 Å². The molecule has 0 radical (unpaired) electrons. The maximum atomic E-state index is 13.8. The highest BCUT2D eigenvalue weighted by molar-refractivity contribution is 7.52. The van der Waals surface area contributed by atoms with Crippen molar-refractivity contribution in [2.24, 2.45) is 0 Å². The standard InChI is InChI=1S/C23H29N6O6P/c1-4-17(30)10-11-19(23(31)34-16(2)3)28-36(32,35-18-8-6-5-7-9-18)33-13-12-29-15-27-20-21(24)25-14-26-22(20)29/h4-9,14-16,19H,1,10-13H2,2-3H3,(H,28,32)(H2,24,25,26)/t19-,36?/m0/s1. The molecule has 1 unspecified atom stereocenters. The van der Waals surface area contributed by atoms with Gasteiger partial charge in [0.1, 0.15) is 23.6 Å². The molecule has 0 amide bonds. The molecule has 0 aliphatic carbocycles.